The Morgan fingerprint density at radius 3 is 2.70 bits per heavy atom. The number of aromatic nitrogens is 1. The highest BCUT2D eigenvalue weighted by Crippen LogP contribution is 2.27. The summed E-state index contributed by atoms with van der Waals surface area (Å²) in [6.07, 6.45) is 2.74. The Labute approximate surface area is 169 Å². The Morgan fingerprint density at radius 2 is 2.04 bits per heavy atom. The number of hydrogen-bond donors (Lipinski definition) is 1. The first-order valence-electron chi connectivity index (χ1n) is 8.72. The SMILES string of the molecule is CC(C)Cc1ccc(-c2csc(C(C#N)=CNc3cccc(Cl)c3)n2)cc1. The van der Waals surface area contributed by atoms with Crippen LogP contribution in [-0.4, -0.2) is 4.98 Å². The molecule has 1 aromatic heterocycles. The maximum absolute atomic E-state index is 9.49. The average Bonchev–Trinajstić information content (AvgIpc) is 3.12. The first-order chi connectivity index (χ1) is 13.0. The molecule has 3 nitrogen and oxygen atoms in total. The standard InChI is InChI=1S/C22H20ClN3S/c1-15(2)10-16-6-8-17(9-7-16)21-14-27-22(26-21)18(12-24)13-25-20-5-3-4-19(23)11-20/h3-9,11,13-15,25H,10H2,1-2H3. The summed E-state index contributed by atoms with van der Waals surface area (Å²) in [5.41, 5.74) is 4.59. The lowest BCUT2D eigenvalue weighted by Gasteiger charge is -2.05. The minimum absolute atomic E-state index is 0.489. The Hall–Kier alpha value is -2.61. The zero-order valence-corrected chi connectivity index (χ0v) is 16.8. The summed E-state index contributed by atoms with van der Waals surface area (Å²) in [6.45, 7) is 4.43. The highest BCUT2D eigenvalue weighted by atomic mass is 35.5. The molecule has 0 saturated carbocycles. The number of nitrogens with one attached hydrogen (secondary N) is 1. The van der Waals surface area contributed by atoms with E-state index in [0.29, 0.717) is 21.5 Å². The van der Waals surface area contributed by atoms with Crippen LogP contribution in [-0.2, 0) is 6.42 Å². The second kappa shape index (κ2) is 8.85. The normalized spacial score (nSPS) is 11.4. The van der Waals surface area contributed by atoms with Gasteiger partial charge in [0.2, 0.25) is 0 Å². The molecule has 0 fully saturated rings. The lowest BCUT2D eigenvalue weighted by atomic mass is 10.0. The van der Waals surface area contributed by atoms with Crippen LogP contribution in [0.2, 0.25) is 5.02 Å². The summed E-state index contributed by atoms with van der Waals surface area (Å²) < 4.78 is 0. The predicted molar refractivity (Wildman–Crippen MR) is 115 cm³/mol. The molecule has 5 heteroatoms. The molecule has 0 atom stereocenters. The lowest BCUT2D eigenvalue weighted by Crippen LogP contribution is -1.93. The number of nitriles is 1. The largest absolute Gasteiger partial charge is 0.360 e. The van der Waals surface area contributed by atoms with Gasteiger partial charge in [-0.3, -0.25) is 0 Å². The molecule has 0 bridgehead atoms. The van der Waals surface area contributed by atoms with E-state index in [0.717, 1.165) is 23.4 Å². The van der Waals surface area contributed by atoms with Crippen molar-refractivity contribution in [3.8, 4) is 17.3 Å². The number of nitrogens with zero attached hydrogens (tertiary/aromatic N) is 2. The van der Waals surface area contributed by atoms with Crippen LogP contribution < -0.4 is 5.32 Å². The van der Waals surface area contributed by atoms with Gasteiger partial charge in [0.1, 0.15) is 16.6 Å². The molecular weight excluding hydrogens is 374 g/mol. The minimum Gasteiger partial charge on any atom is -0.360 e. The third kappa shape index (κ3) is 5.19. The van der Waals surface area contributed by atoms with Crippen LogP contribution in [0.1, 0.15) is 24.4 Å². The third-order valence-corrected chi connectivity index (χ3v) is 5.07. The second-order valence-corrected chi connectivity index (χ2v) is 7.95. The van der Waals surface area contributed by atoms with Crippen LogP contribution in [0.15, 0.2) is 60.1 Å². The first kappa shape index (κ1) is 19.2. The van der Waals surface area contributed by atoms with Gasteiger partial charge in [-0.05, 0) is 36.1 Å². The van der Waals surface area contributed by atoms with E-state index in [9.17, 15) is 5.26 Å². The Balaban J connectivity index is 1.77. The van der Waals surface area contributed by atoms with Crippen molar-refractivity contribution < 1.29 is 0 Å². The van der Waals surface area contributed by atoms with Crippen LogP contribution in [0.5, 0.6) is 0 Å². The summed E-state index contributed by atoms with van der Waals surface area (Å²) in [6, 6.07) is 18.1. The van der Waals surface area contributed by atoms with Crippen LogP contribution >= 0.6 is 22.9 Å². The van der Waals surface area contributed by atoms with Crippen molar-refractivity contribution >= 4 is 34.2 Å². The van der Waals surface area contributed by atoms with Gasteiger partial charge in [0, 0.05) is 27.9 Å². The topological polar surface area (TPSA) is 48.7 Å². The molecule has 136 valence electrons. The van der Waals surface area contributed by atoms with E-state index in [-0.39, 0.29) is 0 Å². The van der Waals surface area contributed by atoms with E-state index in [4.69, 9.17) is 11.6 Å². The van der Waals surface area contributed by atoms with E-state index < -0.39 is 0 Å². The van der Waals surface area contributed by atoms with E-state index in [1.165, 1.54) is 16.9 Å². The highest BCUT2D eigenvalue weighted by molar-refractivity contribution is 7.11. The molecule has 0 aliphatic heterocycles. The molecule has 0 amide bonds. The third-order valence-electron chi connectivity index (χ3n) is 3.96. The van der Waals surface area contributed by atoms with Crippen LogP contribution in [0.25, 0.3) is 16.8 Å². The second-order valence-electron chi connectivity index (χ2n) is 6.66. The van der Waals surface area contributed by atoms with Crippen molar-refractivity contribution in [2.45, 2.75) is 20.3 Å². The van der Waals surface area contributed by atoms with Gasteiger partial charge in [-0.15, -0.1) is 11.3 Å². The molecular formula is C22H20ClN3S. The van der Waals surface area contributed by atoms with Gasteiger partial charge in [-0.2, -0.15) is 5.26 Å². The Kier molecular flexibility index (Phi) is 6.28. The maximum atomic E-state index is 9.49. The van der Waals surface area contributed by atoms with E-state index in [1.807, 2.05) is 17.5 Å². The molecule has 0 aliphatic carbocycles. The van der Waals surface area contributed by atoms with Crippen molar-refractivity contribution in [1.82, 2.24) is 4.98 Å². The summed E-state index contributed by atoms with van der Waals surface area (Å²) in [4.78, 5) is 4.63. The highest BCUT2D eigenvalue weighted by Gasteiger charge is 2.09. The average molecular weight is 394 g/mol. The van der Waals surface area contributed by atoms with Crippen molar-refractivity contribution in [2.75, 3.05) is 5.32 Å². The smallest absolute Gasteiger partial charge is 0.136 e. The maximum Gasteiger partial charge on any atom is 0.136 e. The first-order valence-corrected chi connectivity index (χ1v) is 9.98. The van der Waals surface area contributed by atoms with Crippen LogP contribution in [0, 0.1) is 17.2 Å². The van der Waals surface area contributed by atoms with E-state index in [2.05, 4.69) is 54.5 Å². The van der Waals surface area contributed by atoms with Gasteiger partial charge in [0.25, 0.3) is 0 Å². The molecule has 0 unspecified atom stereocenters. The van der Waals surface area contributed by atoms with Gasteiger partial charge in [0.15, 0.2) is 0 Å². The van der Waals surface area contributed by atoms with Gasteiger partial charge < -0.3 is 5.32 Å². The number of anilines is 1. The summed E-state index contributed by atoms with van der Waals surface area (Å²) >= 11 is 7.45. The number of rotatable bonds is 6. The fourth-order valence-electron chi connectivity index (χ4n) is 2.69. The van der Waals surface area contributed by atoms with Crippen molar-refractivity contribution in [2.24, 2.45) is 5.92 Å². The summed E-state index contributed by atoms with van der Waals surface area (Å²) in [7, 11) is 0. The lowest BCUT2D eigenvalue weighted by molar-refractivity contribution is 0.647. The van der Waals surface area contributed by atoms with Gasteiger partial charge in [-0.25, -0.2) is 4.98 Å². The van der Waals surface area contributed by atoms with Gasteiger partial charge in [-0.1, -0.05) is 55.8 Å². The van der Waals surface area contributed by atoms with Gasteiger partial charge in [0.05, 0.1) is 5.69 Å². The minimum atomic E-state index is 0.489. The zero-order valence-electron chi connectivity index (χ0n) is 15.2. The van der Waals surface area contributed by atoms with Crippen LogP contribution in [0.3, 0.4) is 0 Å². The van der Waals surface area contributed by atoms with Crippen molar-refractivity contribution in [3.05, 3.63) is 75.7 Å². The van der Waals surface area contributed by atoms with Crippen LogP contribution in [0.4, 0.5) is 5.69 Å². The number of hydrogen-bond acceptors (Lipinski definition) is 4. The Morgan fingerprint density at radius 1 is 1.26 bits per heavy atom. The molecule has 0 aliphatic rings. The fourth-order valence-corrected chi connectivity index (χ4v) is 3.67. The van der Waals surface area contributed by atoms with E-state index in [1.54, 1.807) is 18.3 Å². The molecule has 0 saturated heterocycles. The number of thiazole rings is 1. The zero-order chi connectivity index (χ0) is 19.2. The van der Waals surface area contributed by atoms with Gasteiger partial charge >= 0.3 is 0 Å². The monoisotopic (exact) mass is 393 g/mol. The number of halogens is 1. The van der Waals surface area contributed by atoms with Crippen molar-refractivity contribution in [1.29, 1.82) is 5.26 Å². The summed E-state index contributed by atoms with van der Waals surface area (Å²) in [5, 5.41) is 15.9. The van der Waals surface area contributed by atoms with E-state index >= 15 is 0 Å². The molecule has 2 aromatic carbocycles. The quantitative estimate of drug-likeness (QED) is 0.477. The molecule has 0 radical (unpaired) electrons. The Bertz CT molecular complexity index is 981. The number of benzene rings is 2. The van der Waals surface area contributed by atoms with Crippen molar-refractivity contribution in [3.63, 3.8) is 0 Å². The summed E-state index contributed by atoms with van der Waals surface area (Å²) in [5.74, 6) is 0.636. The fraction of sp³-hybridized carbons (Fsp3) is 0.182. The molecule has 3 rings (SSSR count). The molecule has 1 N–H and O–H groups in total. The molecule has 3 aromatic rings. The molecule has 0 spiro atoms. The predicted octanol–water partition coefficient (Wildman–Crippen LogP) is 6.64. The molecule has 1 heterocycles. The number of allylic oxidation sites excluding steroid dienone is 1. The molecule has 27 heavy (non-hydrogen) atoms.